The van der Waals surface area contributed by atoms with Crippen molar-refractivity contribution >= 4 is 35.9 Å². The smallest absolute Gasteiger partial charge is 0.310 e. The lowest BCUT2D eigenvalue weighted by molar-refractivity contribution is -0.149. The van der Waals surface area contributed by atoms with Crippen LogP contribution in [0.2, 0.25) is 0 Å². The van der Waals surface area contributed by atoms with Crippen LogP contribution in [0, 0.1) is 5.92 Å². The third-order valence-corrected chi connectivity index (χ3v) is 5.10. The van der Waals surface area contributed by atoms with Gasteiger partial charge in [-0.05, 0) is 44.2 Å². The Morgan fingerprint density at radius 2 is 2.15 bits per heavy atom. The van der Waals surface area contributed by atoms with E-state index >= 15 is 0 Å². The summed E-state index contributed by atoms with van der Waals surface area (Å²) in [6.45, 7) is 7.68. The molecule has 1 aromatic rings. The van der Waals surface area contributed by atoms with Crippen LogP contribution in [0.25, 0.3) is 0 Å². The SMILES string of the molecule is CCNC(=NCC1Cc2ccccc21)N1CCCC(C(=O)OCC)C1.I. The largest absolute Gasteiger partial charge is 0.466 e. The van der Waals surface area contributed by atoms with Crippen LogP contribution in [-0.4, -0.2) is 49.6 Å². The van der Waals surface area contributed by atoms with Crippen LogP contribution < -0.4 is 5.32 Å². The van der Waals surface area contributed by atoms with Crippen molar-refractivity contribution in [3.63, 3.8) is 0 Å². The van der Waals surface area contributed by atoms with Gasteiger partial charge in [0.15, 0.2) is 5.96 Å². The Kier molecular flexibility index (Phi) is 8.18. The van der Waals surface area contributed by atoms with Gasteiger partial charge < -0.3 is 15.0 Å². The number of likely N-dealkylation sites (tertiary alicyclic amines) is 1. The Morgan fingerprint density at radius 1 is 1.35 bits per heavy atom. The molecule has 1 heterocycles. The normalized spacial score (nSPS) is 21.9. The number of rotatable bonds is 5. The topological polar surface area (TPSA) is 53.9 Å². The summed E-state index contributed by atoms with van der Waals surface area (Å²) in [7, 11) is 0. The number of ether oxygens (including phenoxy) is 1. The lowest BCUT2D eigenvalue weighted by Crippen LogP contribution is -2.48. The standard InChI is InChI=1S/C20H29N3O2.HI/c1-3-21-20(22-13-17-12-15-8-5-6-10-18(15)17)23-11-7-9-16(14-23)19(24)25-4-2;/h5-6,8,10,16-17H,3-4,7,9,11-14H2,1-2H3,(H,21,22);1H. The molecule has 0 radical (unpaired) electrons. The molecule has 1 N–H and O–H groups in total. The summed E-state index contributed by atoms with van der Waals surface area (Å²) in [5.41, 5.74) is 2.89. The maximum atomic E-state index is 12.1. The number of esters is 1. The van der Waals surface area contributed by atoms with Crippen molar-refractivity contribution in [2.24, 2.45) is 10.9 Å². The Bertz CT molecular complexity index is 635. The number of nitrogens with zero attached hydrogens (tertiary/aromatic N) is 2. The molecule has 0 aromatic heterocycles. The van der Waals surface area contributed by atoms with Gasteiger partial charge in [0.25, 0.3) is 0 Å². The molecule has 5 nitrogen and oxygen atoms in total. The van der Waals surface area contributed by atoms with Gasteiger partial charge in [-0.3, -0.25) is 9.79 Å². The molecule has 1 aliphatic carbocycles. The first-order chi connectivity index (χ1) is 12.2. The maximum absolute atomic E-state index is 12.1. The van der Waals surface area contributed by atoms with Crippen LogP contribution >= 0.6 is 24.0 Å². The van der Waals surface area contributed by atoms with Crippen LogP contribution in [-0.2, 0) is 16.0 Å². The molecule has 1 aliphatic heterocycles. The molecule has 1 saturated heterocycles. The summed E-state index contributed by atoms with van der Waals surface area (Å²) < 4.78 is 5.21. The van der Waals surface area contributed by atoms with E-state index in [-0.39, 0.29) is 35.9 Å². The number of carbonyl (C=O) groups is 1. The molecular formula is C20H30IN3O2. The number of hydrogen-bond donors (Lipinski definition) is 1. The molecule has 0 saturated carbocycles. The second kappa shape index (κ2) is 10.1. The summed E-state index contributed by atoms with van der Waals surface area (Å²) in [6.07, 6.45) is 3.02. The van der Waals surface area contributed by atoms with Crippen molar-refractivity contribution in [2.75, 3.05) is 32.8 Å². The van der Waals surface area contributed by atoms with Crippen molar-refractivity contribution in [2.45, 2.75) is 39.0 Å². The minimum Gasteiger partial charge on any atom is -0.466 e. The first kappa shape index (κ1) is 21.0. The van der Waals surface area contributed by atoms with Gasteiger partial charge >= 0.3 is 5.97 Å². The quantitative estimate of drug-likeness (QED) is 0.310. The Balaban J connectivity index is 0.00000243. The molecule has 1 fully saturated rings. The summed E-state index contributed by atoms with van der Waals surface area (Å²) in [5, 5.41) is 3.40. The maximum Gasteiger partial charge on any atom is 0.310 e. The van der Waals surface area contributed by atoms with Gasteiger partial charge in [-0.25, -0.2) is 0 Å². The number of hydrogen-bond acceptors (Lipinski definition) is 3. The van der Waals surface area contributed by atoms with E-state index in [0.29, 0.717) is 19.1 Å². The van der Waals surface area contributed by atoms with Gasteiger partial charge in [0.05, 0.1) is 12.5 Å². The van der Waals surface area contributed by atoms with Crippen molar-refractivity contribution in [1.82, 2.24) is 10.2 Å². The fourth-order valence-electron chi connectivity index (χ4n) is 3.77. The first-order valence-electron chi connectivity index (χ1n) is 9.50. The molecule has 2 aliphatic rings. The zero-order valence-electron chi connectivity index (χ0n) is 15.7. The predicted molar refractivity (Wildman–Crippen MR) is 115 cm³/mol. The van der Waals surface area contributed by atoms with Crippen LogP contribution in [0.5, 0.6) is 0 Å². The zero-order chi connectivity index (χ0) is 17.6. The van der Waals surface area contributed by atoms with Crippen LogP contribution in [0.4, 0.5) is 0 Å². The van der Waals surface area contributed by atoms with E-state index in [1.165, 1.54) is 11.1 Å². The number of fused-ring (bicyclic) bond motifs is 1. The zero-order valence-corrected chi connectivity index (χ0v) is 18.1. The number of aliphatic imine (C=N–C) groups is 1. The third kappa shape index (κ3) is 4.90. The molecule has 1 aromatic carbocycles. The number of benzene rings is 1. The van der Waals surface area contributed by atoms with Gasteiger partial charge in [0, 0.05) is 32.1 Å². The average molecular weight is 471 g/mol. The Morgan fingerprint density at radius 3 is 2.88 bits per heavy atom. The Hall–Kier alpha value is -1.31. The molecule has 0 amide bonds. The van der Waals surface area contributed by atoms with E-state index in [1.807, 2.05) is 6.92 Å². The molecule has 144 valence electrons. The fourth-order valence-corrected chi connectivity index (χ4v) is 3.77. The molecule has 2 unspecified atom stereocenters. The van der Waals surface area contributed by atoms with E-state index in [2.05, 4.69) is 41.4 Å². The second-order valence-corrected chi connectivity index (χ2v) is 6.83. The van der Waals surface area contributed by atoms with Gasteiger partial charge in [-0.2, -0.15) is 0 Å². The van der Waals surface area contributed by atoms with Gasteiger partial charge in [-0.1, -0.05) is 24.3 Å². The highest BCUT2D eigenvalue weighted by Gasteiger charge is 2.29. The summed E-state index contributed by atoms with van der Waals surface area (Å²) >= 11 is 0. The number of guanidine groups is 1. The monoisotopic (exact) mass is 471 g/mol. The summed E-state index contributed by atoms with van der Waals surface area (Å²) in [5.74, 6) is 1.34. The number of carbonyl (C=O) groups excluding carboxylic acids is 1. The lowest BCUT2D eigenvalue weighted by Gasteiger charge is -2.35. The molecule has 0 spiro atoms. The number of halogens is 1. The third-order valence-electron chi connectivity index (χ3n) is 5.10. The van der Waals surface area contributed by atoms with Crippen molar-refractivity contribution in [3.05, 3.63) is 35.4 Å². The van der Waals surface area contributed by atoms with Gasteiger partial charge in [0.1, 0.15) is 0 Å². The molecule has 2 atom stereocenters. The van der Waals surface area contributed by atoms with Crippen LogP contribution in [0.15, 0.2) is 29.3 Å². The summed E-state index contributed by atoms with van der Waals surface area (Å²) in [6, 6.07) is 8.62. The fraction of sp³-hybridized carbons (Fsp3) is 0.600. The molecule has 0 bridgehead atoms. The van der Waals surface area contributed by atoms with E-state index in [4.69, 9.17) is 9.73 Å². The predicted octanol–water partition coefficient (Wildman–Crippen LogP) is 3.18. The second-order valence-electron chi connectivity index (χ2n) is 6.83. The van der Waals surface area contributed by atoms with Crippen molar-refractivity contribution in [1.29, 1.82) is 0 Å². The Labute approximate surface area is 173 Å². The molecule has 6 heteroatoms. The molecule has 26 heavy (non-hydrogen) atoms. The average Bonchev–Trinajstić information content (AvgIpc) is 2.62. The van der Waals surface area contributed by atoms with Crippen molar-refractivity contribution in [3.8, 4) is 0 Å². The van der Waals surface area contributed by atoms with E-state index in [0.717, 1.165) is 44.9 Å². The highest BCUT2D eigenvalue weighted by atomic mass is 127. The van der Waals surface area contributed by atoms with Crippen molar-refractivity contribution < 1.29 is 9.53 Å². The van der Waals surface area contributed by atoms with E-state index < -0.39 is 0 Å². The van der Waals surface area contributed by atoms with Crippen LogP contribution in [0.1, 0.15) is 43.7 Å². The van der Waals surface area contributed by atoms with Crippen LogP contribution in [0.3, 0.4) is 0 Å². The highest BCUT2D eigenvalue weighted by Crippen LogP contribution is 2.34. The van der Waals surface area contributed by atoms with E-state index in [9.17, 15) is 4.79 Å². The van der Waals surface area contributed by atoms with Gasteiger partial charge in [-0.15, -0.1) is 24.0 Å². The minimum atomic E-state index is -0.0732. The van der Waals surface area contributed by atoms with E-state index in [1.54, 1.807) is 0 Å². The number of piperidine rings is 1. The molecular weight excluding hydrogens is 441 g/mol. The lowest BCUT2D eigenvalue weighted by atomic mass is 9.78. The summed E-state index contributed by atoms with van der Waals surface area (Å²) in [4.78, 5) is 19.2. The highest BCUT2D eigenvalue weighted by molar-refractivity contribution is 14.0. The molecule has 3 rings (SSSR count). The first-order valence-corrected chi connectivity index (χ1v) is 9.50. The number of nitrogens with one attached hydrogen (secondary N) is 1. The minimum absolute atomic E-state index is 0. The van der Waals surface area contributed by atoms with Gasteiger partial charge in [0.2, 0.25) is 0 Å².